The van der Waals surface area contributed by atoms with Crippen molar-refractivity contribution in [3.05, 3.63) is 35.6 Å². The second-order valence-corrected chi connectivity index (χ2v) is 3.23. The van der Waals surface area contributed by atoms with Crippen molar-refractivity contribution >= 4 is 5.91 Å². The summed E-state index contributed by atoms with van der Waals surface area (Å²) >= 11 is 0. The average molecular weight is 210 g/mol. The van der Waals surface area contributed by atoms with Gasteiger partial charge in [0, 0.05) is 26.6 Å². The number of halogens is 1. The largest absolute Gasteiger partial charge is 0.359 e. The molecule has 0 heterocycles. The van der Waals surface area contributed by atoms with Gasteiger partial charge in [0.05, 0.1) is 0 Å². The highest BCUT2D eigenvalue weighted by atomic mass is 19.1. The third-order valence-corrected chi connectivity index (χ3v) is 2.03. The van der Waals surface area contributed by atoms with Crippen LogP contribution in [0.3, 0.4) is 0 Å². The monoisotopic (exact) mass is 210 g/mol. The molecule has 0 aromatic heterocycles. The number of carbonyl (C=O) groups is 1. The van der Waals surface area contributed by atoms with E-state index in [2.05, 4.69) is 10.6 Å². The number of nitrogens with one attached hydrogen (secondary N) is 2. The molecule has 4 heteroatoms. The molecule has 0 saturated carbocycles. The molecule has 0 fully saturated rings. The maximum absolute atomic E-state index is 12.8. The van der Waals surface area contributed by atoms with Crippen LogP contribution in [0.4, 0.5) is 4.39 Å². The first kappa shape index (κ1) is 11.7. The average Bonchev–Trinajstić information content (AvgIpc) is 2.24. The van der Waals surface area contributed by atoms with Gasteiger partial charge in [-0.15, -0.1) is 0 Å². The SMILES string of the molecule is CNC(=O)CCNCc1cccc(F)c1. The first-order chi connectivity index (χ1) is 7.22. The molecule has 1 amide bonds. The van der Waals surface area contributed by atoms with Crippen LogP contribution in [0.25, 0.3) is 0 Å². The minimum absolute atomic E-state index is 0.00161. The lowest BCUT2D eigenvalue weighted by molar-refractivity contribution is -0.120. The Hall–Kier alpha value is -1.42. The zero-order valence-electron chi connectivity index (χ0n) is 8.72. The molecule has 0 spiro atoms. The fraction of sp³-hybridized carbons (Fsp3) is 0.364. The standard InChI is InChI=1S/C11H15FN2O/c1-13-11(15)5-6-14-8-9-3-2-4-10(12)7-9/h2-4,7,14H,5-6,8H2,1H3,(H,13,15). The Labute approximate surface area is 88.7 Å². The lowest BCUT2D eigenvalue weighted by atomic mass is 10.2. The van der Waals surface area contributed by atoms with Crippen molar-refractivity contribution in [1.29, 1.82) is 0 Å². The van der Waals surface area contributed by atoms with E-state index in [1.54, 1.807) is 13.1 Å². The van der Waals surface area contributed by atoms with Crippen molar-refractivity contribution in [3.63, 3.8) is 0 Å². The van der Waals surface area contributed by atoms with E-state index >= 15 is 0 Å². The fourth-order valence-electron chi connectivity index (χ4n) is 1.21. The topological polar surface area (TPSA) is 41.1 Å². The molecule has 1 aromatic carbocycles. The first-order valence-electron chi connectivity index (χ1n) is 4.88. The lowest BCUT2D eigenvalue weighted by Crippen LogP contribution is -2.24. The second-order valence-electron chi connectivity index (χ2n) is 3.23. The van der Waals surface area contributed by atoms with Gasteiger partial charge < -0.3 is 10.6 Å². The smallest absolute Gasteiger partial charge is 0.221 e. The molecule has 0 aliphatic heterocycles. The molecule has 3 nitrogen and oxygen atoms in total. The zero-order valence-corrected chi connectivity index (χ0v) is 8.72. The van der Waals surface area contributed by atoms with E-state index in [1.807, 2.05) is 6.07 Å². The van der Waals surface area contributed by atoms with Gasteiger partial charge in [0.25, 0.3) is 0 Å². The number of amides is 1. The van der Waals surface area contributed by atoms with Crippen molar-refractivity contribution in [3.8, 4) is 0 Å². The van der Waals surface area contributed by atoms with Crippen molar-refractivity contribution < 1.29 is 9.18 Å². The highest BCUT2D eigenvalue weighted by molar-refractivity contribution is 5.75. The molecule has 0 bridgehead atoms. The molecule has 0 aliphatic rings. The summed E-state index contributed by atoms with van der Waals surface area (Å²) in [6, 6.07) is 6.40. The summed E-state index contributed by atoms with van der Waals surface area (Å²) in [5.41, 5.74) is 0.881. The molecular formula is C11H15FN2O. The minimum atomic E-state index is -0.236. The summed E-state index contributed by atoms with van der Waals surface area (Å²) in [4.78, 5) is 10.9. The predicted octanol–water partition coefficient (Wildman–Crippen LogP) is 1.05. The van der Waals surface area contributed by atoms with Crippen molar-refractivity contribution in [2.24, 2.45) is 0 Å². The Balaban J connectivity index is 2.23. The number of rotatable bonds is 5. The number of benzene rings is 1. The number of carbonyl (C=O) groups excluding carboxylic acids is 1. The van der Waals surface area contributed by atoms with Crippen LogP contribution in [0.2, 0.25) is 0 Å². The van der Waals surface area contributed by atoms with Crippen LogP contribution in [0.1, 0.15) is 12.0 Å². The van der Waals surface area contributed by atoms with Gasteiger partial charge in [0.1, 0.15) is 5.82 Å². The molecule has 0 saturated heterocycles. The predicted molar refractivity (Wildman–Crippen MR) is 56.8 cm³/mol. The van der Waals surface area contributed by atoms with Crippen LogP contribution < -0.4 is 10.6 Å². The van der Waals surface area contributed by atoms with Gasteiger partial charge in [0.15, 0.2) is 0 Å². The normalized spacial score (nSPS) is 10.0. The van der Waals surface area contributed by atoms with Gasteiger partial charge in [-0.25, -0.2) is 4.39 Å². The molecule has 0 aliphatic carbocycles. The summed E-state index contributed by atoms with van der Waals surface area (Å²) in [5, 5.41) is 5.60. The Morgan fingerprint density at radius 1 is 1.47 bits per heavy atom. The Bertz CT molecular complexity index is 328. The van der Waals surface area contributed by atoms with Gasteiger partial charge in [-0.3, -0.25) is 4.79 Å². The van der Waals surface area contributed by atoms with E-state index in [9.17, 15) is 9.18 Å². The van der Waals surface area contributed by atoms with Crippen LogP contribution in [0, 0.1) is 5.82 Å². The van der Waals surface area contributed by atoms with Gasteiger partial charge in [-0.1, -0.05) is 12.1 Å². The van der Waals surface area contributed by atoms with E-state index in [0.717, 1.165) is 5.56 Å². The molecule has 0 atom stereocenters. The summed E-state index contributed by atoms with van der Waals surface area (Å²) in [5.74, 6) is -0.234. The van der Waals surface area contributed by atoms with Crippen LogP contribution in [-0.4, -0.2) is 19.5 Å². The Morgan fingerprint density at radius 2 is 2.27 bits per heavy atom. The van der Waals surface area contributed by atoms with Gasteiger partial charge >= 0.3 is 0 Å². The number of hydrogen-bond acceptors (Lipinski definition) is 2. The summed E-state index contributed by atoms with van der Waals surface area (Å²) < 4.78 is 12.8. The highest BCUT2D eigenvalue weighted by Gasteiger charge is 1.97. The zero-order chi connectivity index (χ0) is 11.1. The van der Waals surface area contributed by atoms with E-state index in [-0.39, 0.29) is 11.7 Å². The second kappa shape index (κ2) is 6.14. The Morgan fingerprint density at radius 3 is 2.93 bits per heavy atom. The summed E-state index contributed by atoms with van der Waals surface area (Å²) in [6.07, 6.45) is 0.436. The van der Waals surface area contributed by atoms with Crippen LogP contribution in [0.5, 0.6) is 0 Å². The maximum atomic E-state index is 12.8. The third kappa shape index (κ3) is 4.56. The van der Waals surface area contributed by atoms with E-state index in [0.29, 0.717) is 19.5 Å². The molecule has 0 radical (unpaired) electrons. The van der Waals surface area contributed by atoms with Crippen LogP contribution in [0.15, 0.2) is 24.3 Å². The quantitative estimate of drug-likeness (QED) is 0.713. The van der Waals surface area contributed by atoms with E-state index in [4.69, 9.17) is 0 Å². The lowest BCUT2D eigenvalue weighted by Gasteiger charge is -2.04. The molecule has 0 unspecified atom stereocenters. The third-order valence-electron chi connectivity index (χ3n) is 2.03. The maximum Gasteiger partial charge on any atom is 0.221 e. The summed E-state index contributed by atoms with van der Waals surface area (Å²) in [6.45, 7) is 1.17. The van der Waals surface area contributed by atoms with Crippen molar-refractivity contribution in [2.75, 3.05) is 13.6 Å². The van der Waals surface area contributed by atoms with Crippen LogP contribution in [-0.2, 0) is 11.3 Å². The molecule has 1 aromatic rings. The number of hydrogen-bond donors (Lipinski definition) is 2. The van der Waals surface area contributed by atoms with Crippen molar-refractivity contribution in [2.45, 2.75) is 13.0 Å². The van der Waals surface area contributed by atoms with Gasteiger partial charge in [-0.05, 0) is 17.7 Å². The van der Waals surface area contributed by atoms with Gasteiger partial charge in [0.2, 0.25) is 5.91 Å². The molecule has 15 heavy (non-hydrogen) atoms. The summed E-state index contributed by atoms with van der Waals surface area (Å²) in [7, 11) is 1.61. The fourth-order valence-corrected chi connectivity index (χ4v) is 1.21. The first-order valence-corrected chi connectivity index (χ1v) is 4.88. The van der Waals surface area contributed by atoms with Crippen molar-refractivity contribution in [1.82, 2.24) is 10.6 Å². The van der Waals surface area contributed by atoms with E-state index < -0.39 is 0 Å². The van der Waals surface area contributed by atoms with Gasteiger partial charge in [-0.2, -0.15) is 0 Å². The van der Waals surface area contributed by atoms with Crippen LogP contribution >= 0.6 is 0 Å². The van der Waals surface area contributed by atoms with E-state index in [1.165, 1.54) is 12.1 Å². The highest BCUT2D eigenvalue weighted by Crippen LogP contribution is 2.02. The Kier molecular flexibility index (Phi) is 4.77. The minimum Gasteiger partial charge on any atom is -0.359 e. The molecule has 82 valence electrons. The molecular weight excluding hydrogens is 195 g/mol. The molecule has 2 N–H and O–H groups in total. The molecule has 1 rings (SSSR count).